The number of hydrogen-bond donors (Lipinski definition) is 1. The van der Waals surface area contributed by atoms with E-state index in [0.717, 1.165) is 13.1 Å². The van der Waals surface area contributed by atoms with Crippen LogP contribution in [0.2, 0.25) is 0 Å². The van der Waals surface area contributed by atoms with Crippen molar-refractivity contribution in [3.05, 3.63) is 13.3 Å². The first kappa shape index (κ1) is 8.06. The Morgan fingerprint density at radius 2 is 2.43 bits per heavy atom. The van der Waals surface area contributed by atoms with Crippen molar-refractivity contribution in [2.45, 2.75) is 0 Å². The number of nitrogens with one attached hydrogen (secondary N) is 1. The Morgan fingerprint density at radius 1 is 1.71 bits per heavy atom. The summed E-state index contributed by atoms with van der Waals surface area (Å²) in [6.07, 6.45) is 2.18. The second-order valence-electron chi connectivity index (χ2n) is 1.65. The van der Waals surface area contributed by atoms with Crippen LogP contribution in [0, 0.1) is 19.3 Å². The largest absolute Gasteiger partial charge is 0.368 e. The minimum atomic E-state index is 0. The van der Waals surface area contributed by atoms with Crippen LogP contribution in [0.5, 0.6) is 0 Å². The number of hydrogen-bond acceptors (Lipinski definition) is 1. The minimum absolute atomic E-state index is 0. The molecule has 1 radical (unpaired) electrons. The molecule has 1 heterocycles. The summed E-state index contributed by atoms with van der Waals surface area (Å²) >= 11 is 0. The molecule has 1 aliphatic heterocycles. The standard InChI is InChI=1S/C5H9N.Y/c1-5-2-3-6-4-5;/h2,5-6H,1,3-4H2;/q-2;. The molecule has 0 aromatic rings. The van der Waals surface area contributed by atoms with Gasteiger partial charge < -0.3 is 18.7 Å². The Bertz CT molecular complexity index is 41.3. The fourth-order valence-corrected chi connectivity index (χ4v) is 0.602. The molecule has 1 atom stereocenters. The van der Waals surface area contributed by atoms with Crippen LogP contribution in [0.4, 0.5) is 0 Å². The third-order valence-electron chi connectivity index (χ3n) is 1.00. The molecule has 0 aromatic carbocycles. The molecule has 1 fully saturated rings. The second kappa shape index (κ2) is 3.99. The summed E-state index contributed by atoms with van der Waals surface area (Å²) in [7, 11) is 0. The van der Waals surface area contributed by atoms with E-state index in [4.69, 9.17) is 0 Å². The third kappa shape index (κ3) is 2.79. The molecule has 39 valence electrons. The van der Waals surface area contributed by atoms with Crippen molar-refractivity contribution in [3.63, 3.8) is 0 Å². The fraction of sp³-hybridized carbons (Fsp3) is 0.600. The van der Waals surface area contributed by atoms with Gasteiger partial charge in [-0.15, -0.1) is 6.54 Å². The van der Waals surface area contributed by atoms with E-state index in [2.05, 4.69) is 18.7 Å². The molecule has 1 aliphatic rings. The maximum Gasteiger partial charge on any atom is 0 e. The Kier molecular flexibility index (Phi) is 4.60. The third-order valence-corrected chi connectivity index (χ3v) is 1.00. The van der Waals surface area contributed by atoms with Gasteiger partial charge in [-0.1, -0.05) is 6.54 Å². The van der Waals surface area contributed by atoms with Gasteiger partial charge in [-0.2, -0.15) is 0 Å². The normalized spacial score (nSPS) is 29.6. The van der Waals surface area contributed by atoms with Crippen LogP contribution in [0.25, 0.3) is 0 Å². The first-order valence-electron chi connectivity index (χ1n) is 2.27. The van der Waals surface area contributed by atoms with Gasteiger partial charge in [0.2, 0.25) is 0 Å². The summed E-state index contributed by atoms with van der Waals surface area (Å²) in [6, 6.07) is 0. The summed E-state index contributed by atoms with van der Waals surface area (Å²) in [5, 5.41) is 3.15. The maximum absolute atomic E-state index is 3.82. The van der Waals surface area contributed by atoms with Crippen LogP contribution in [0.15, 0.2) is 0 Å². The molecule has 1 N–H and O–H groups in total. The van der Waals surface area contributed by atoms with Crippen LogP contribution >= 0.6 is 0 Å². The van der Waals surface area contributed by atoms with Gasteiger partial charge in [-0.05, 0) is 0 Å². The van der Waals surface area contributed by atoms with Crippen molar-refractivity contribution in [2.24, 2.45) is 5.92 Å². The molecule has 1 saturated heterocycles. The molecular weight excluding hydrogens is 163 g/mol. The van der Waals surface area contributed by atoms with Crippen molar-refractivity contribution < 1.29 is 32.7 Å². The topological polar surface area (TPSA) is 12.0 Å². The second-order valence-corrected chi connectivity index (χ2v) is 1.65. The van der Waals surface area contributed by atoms with Crippen molar-refractivity contribution >= 4 is 0 Å². The molecular formula is C5H9NY-2. The quantitative estimate of drug-likeness (QED) is 0.516. The van der Waals surface area contributed by atoms with E-state index in [0.29, 0.717) is 5.92 Å². The van der Waals surface area contributed by atoms with Crippen molar-refractivity contribution in [3.8, 4) is 0 Å². The van der Waals surface area contributed by atoms with Gasteiger partial charge in [0.05, 0.1) is 0 Å². The molecule has 1 nitrogen and oxygen atoms in total. The first-order chi connectivity index (χ1) is 2.89. The van der Waals surface area contributed by atoms with Crippen LogP contribution in [-0.4, -0.2) is 13.1 Å². The SMILES string of the molecule is [CH2-]C1[CH-]CNC1.[Y]. The number of rotatable bonds is 0. The van der Waals surface area contributed by atoms with Crippen LogP contribution in [0.3, 0.4) is 0 Å². The molecule has 0 aromatic heterocycles. The first-order valence-corrected chi connectivity index (χ1v) is 2.27. The smallest absolute Gasteiger partial charge is 0 e. The predicted octanol–water partition coefficient (Wildman–Crippen LogP) is 0.242. The zero-order valence-electron chi connectivity index (χ0n) is 4.35. The van der Waals surface area contributed by atoms with Gasteiger partial charge in [-0.25, -0.2) is 0 Å². The summed E-state index contributed by atoms with van der Waals surface area (Å²) in [5.74, 6) is 0.560. The zero-order chi connectivity index (χ0) is 4.41. The Hall–Kier alpha value is 1.06. The summed E-state index contributed by atoms with van der Waals surface area (Å²) < 4.78 is 0. The molecule has 0 aliphatic carbocycles. The summed E-state index contributed by atoms with van der Waals surface area (Å²) in [4.78, 5) is 0. The monoisotopic (exact) mass is 172 g/mol. The van der Waals surface area contributed by atoms with Crippen LogP contribution in [0.1, 0.15) is 0 Å². The fourth-order valence-electron chi connectivity index (χ4n) is 0.602. The van der Waals surface area contributed by atoms with E-state index in [9.17, 15) is 0 Å². The predicted molar refractivity (Wildman–Crippen MR) is 26.0 cm³/mol. The van der Waals surface area contributed by atoms with Crippen molar-refractivity contribution in [1.82, 2.24) is 5.32 Å². The van der Waals surface area contributed by atoms with E-state index < -0.39 is 0 Å². The average Bonchev–Trinajstić information content (AvgIpc) is 1.86. The molecule has 0 amide bonds. The van der Waals surface area contributed by atoms with E-state index in [1.165, 1.54) is 0 Å². The van der Waals surface area contributed by atoms with Gasteiger partial charge in [0.25, 0.3) is 0 Å². The average molecular weight is 172 g/mol. The Morgan fingerprint density at radius 3 is 2.57 bits per heavy atom. The molecule has 1 unspecified atom stereocenters. The maximum atomic E-state index is 3.82. The van der Waals surface area contributed by atoms with Crippen molar-refractivity contribution in [2.75, 3.05) is 13.1 Å². The van der Waals surface area contributed by atoms with Gasteiger partial charge in [0.15, 0.2) is 0 Å². The summed E-state index contributed by atoms with van der Waals surface area (Å²) in [5.41, 5.74) is 0. The van der Waals surface area contributed by atoms with Crippen LogP contribution in [-0.2, 0) is 32.7 Å². The molecule has 2 heteroatoms. The van der Waals surface area contributed by atoms with Gasteiger partial charge in [0.1, 0.15) is 0 Å². The molecule has 0 saturated carbocycles. The van der Waals surface area contributed by atoms with E-state index in [1.807, 2.05) is 0 Å². The summed E-state index contributed by atoms with van der Waals surface area (Å²) in [6.45, 7) is 5.94. The van der Waals surface area contributed by atoms with Gasteiger partial charge in [0, 0.05) is 32.7 Å². The molecule has 1 rings (SSSR count). The van der Waals surface area contributed by atoms with Crippen molar-refractivity contribution in [1.29, 1.82) is 0 Å². The van der Waals surface area contributed by atoms with E-state index in [1.54, 1.807) is 0 Å². The molecule has 0 spiro atoms. The Labute approximate surface area is 70.1 Å². The van der Waals surface area contributed by atoms with Gasteiger partial charge in [-0.3, -0.25) is 5.92 Å². The van der Waals surface area contributed by atoms with E-state index >= 15 is 0 Å². The molecule has 7 heavy (non-hydrogen) atoms. The van der Waals surface area contributed by atoms with Crippen LogP contribution < -0.4 is 5.32 Å². The van der Waals surface area contributed by atoms with E-state index in [-0.39, 0.29) is 32.7 Å². The molecule has 0 bridgehead atoms. The Balaban J connectivity index is 0.000000360. The minimum Gasteiger partial charge on any atom is -0.368 e. The zero-order valence-corrected chi connectivity index (χ0v) is 7.19. The van der Waals surface area contributed by atoms with Gasteiger partial charge >= 0.3 is 0 Å².